The first kappa shape index (κ1) is 74.8. The molecule has 10 rings (SSSR count). The third-order valence-electron chi connectivity index (χ3n) is 18.2. The van der Waals surface area contributed by atoms with Crippen LogP contribution in [-0.4, -0.2) is 178 Å². The van der Waals surface area contributed by atoms with Gasteiger partial charge in [0, 0.05) is 89.4 Å². The van der Waals surface area contributed by atoms with Crippen molar-refractivity contribution < 1.29 is 52.9 Å². The normalized spacial score (nSPS) is 15.3. The van der Waals surface area contributed by atoms with E-state index in [0.717, 1.165) is 67.0 Å². The average molecular weight is 1420 g/mol. The summed E-state index contributed by atoms with van der Waals surface area (Å²) in [5.74, 6) is -1.94. The summed E-state index contributed by atoms with van der Waals surface area (Å²) in [7, 11) is 1.50. The van der Waals surface area contributed by atoms with Crippen LogP contribution in [0.2, 0.25) is 0 Å². The zero-order chi connectivity index (χ0) is 72.8. The molecule has 7 amide bonds. The van der Waals surface area contributed by atoms with Gasteiger partial charge in [-0.3, -0.25) is 58.5 Å². The van der Waals surface area contributed by atoms with Crippen LogP contribution in [-0.2, 0) is 51.8 Å². The lowest BCUT2D eigenvalue weighted by Crippen LogP contribution is -2.57. The zero-order valence-electron chi connectivity index (χ0n) is 59.7. The predicted octanol–water partition coefficient (Wildman–Crippen LogP) is 8.11. The first-order valence-corrected chi connectivity index (χ1v) is 35.9. The molecule has 2 fully saturated rings. The van der Waals surface area contributed by atoms with Gasteiger partial charge >= 0.3 is 0 Å². The molecule has 5 aromatic heterocycles. The van der Waals surface area contributed by atoms with E-state index in [1.165, 1.54) is 12.0 Å². The van der Waals surface area contributed by atoms with E-state index in [4.69, 9.17) is 29.9 Å². The molecule has 544 valence electrons. The van der Waals surface area contributed by atoms with Gasteiger partial charge in [0.1, 0.15) is 46.0 Å². The summed E-state index contributed by atoms with van der Waals surface area (Å²) in [5, 5.41) is 34.6. The number of hydrogen-bond donors (Lipinski definition) is 7. The second kappa shape index (κ2) is 34.2. The van der Waals surface area contributed by atoms with Gasteiger partial charge in [0.25, 0.3) is 17.7 Å². The van der Waals surface area contributed by atoms with Crippen LogP contribution in [0.5, 0.6) is 11.5 Å². The highest BCUT2D eigenvalue weighted by molar-refractivity contribution is 7.13. The number of carbonyl (C=O) groups excluding carboxylic acids is 7. The van der Waals surface area contributed by atoms with Crippen LogP contribution in [0.25, 0.3) is 32.5 Å². The van der Waals surface area contributed by atoms with E-state index in [-0.39, 0.29) is 74.2 Å². The summed E-state index contributed by atoms with van der Waals surface area (Å²) >= 11 is 1.57. The number of thiazole rings is 1. The Kier molecular flexibility index (Phi) is 25.1. The number of anilines is 2. The molecule has 0 unspecified atom stereocenters. The van der Waals surface area contributed by atoms with Crippen LogP contribution in [0.1, 0.15) is 157 Å². The van der Waals surface area contributed by atoms with Crippen molar-refractivity contribution in [2.75, 3.05) is 70.3 Å². The van der Waals surface area contributed by atoms with Crippen LogP contribution >= 0.6 is 11.3 Å². The number of carbonyl (C=O) groups is 7. The molecule has 2 aliphatic rings. The lowest BCUT2D eigenvalue weighted by atomic mass is 9.85. The van der Waals surface area contributed by atoms with E-state index in [2.05, 4.69) is 46.7 Å². The quantitative estimate of drug-likeness (QED) is 0.0151. The van der Waals surface area contributed by atoms with Gasteiger partial charge in [-0.15, -0.1) is 11.3 Å². The number of unbranched alkanes of at least 4 members (excludes halogenated alkanes) is 5. The van der Waals surface area contributed by atoms with Crippen LogP contribution < -0.4 is 41.8 Å². The van der Waals surface area contributed by atoms with Gasteiger partial charge in [-0.1, -0.05) is 82.9 Å². The van der Waals surface area contributed by atoms with E-state index < -0.39 is 47.2 Å². The number of amides is 7. The molecule has 8 aromatic rings. The number of nitrogens with zero attached hydrogens (tertiary/aromatic N) is 11. The Morgan fingerprint density at radius 2 is 1.33 bits per heavy atom. The molecular formula is C73H95N17O11S. The topological polar surface area (TPSA) is 344 Å². The minimum absolute atomic E-state index is 0.0169. The summed E-state index contributed by atoms with van der Waals surface area (Å²) in [4.78, 5) is 115. The lowest BCUT2D eigenvalue weighted by Gasteiger charge is -2.35. The number of aromatic nitrogens is 9. The van der Waals surface area contributed by atoms with Crippen LogP contribution in [0.15, 0.2) is 78.3 Å². The number of fused-ring (bicyclic) bond motifs is 2. The third-order valence-corrected chi connectivity index (χ3v) is 19.2. The standard InChI is InChI=1S/C73H95N17O11S/c1-10-89-56(35-45(3)83-89)68(96)81-71-79-54-38-51(66(94)75-26-17-15-13-12-14-16-21-60(92)80-64(73(6,7)8)70(98)88-43-52(91)41-55(88)67(95)76-42-48-22-24-49(25-23-48)63-47(5)77-44-102-63)40-58(99-9)61(54)86(71)28-18-19-29-87-62-53(78-72(87)82-69(97)57-36-46(4)84-90(57)11-2)37-50(65(74)93)39-59(62)101-32-20-27-85-30-33-100-34-31-85/h18-19,22-25,35-40,44,52,55,64,91H,10-17,20-21,26-34,41-43H2,1-9H3,(H2,74,93)(H,75,94)(H,76,95)(H,80,92)(H,78,82,97)(H,79,81,96)/b19-18+/t52-,55+,64+/m1/s1. The Balaban J connectivity index is 0.761. The predicted molar refractivity (Wildman–Crippen MR) is 389 cm³/mol. The van der Waals surface area contributed by atoms with E-state index in [1.54, 1.807) is 73.2 Å². The number of nitrogens with two attached hydrogens (primary N) is 1. The number of hydrogen-bond acceptors (Lipinski definition) is 18. The molecule has 7 heterocycles. The number of β-amino-alcohol motifs (C(OH)–C–C–N with tert-alkyl or cyclic N) is 1. The molecule has 0 saturated carbocycles. The number of imidazole rings is 2. The molecule has 0 bridgehead atoms. The van der Waals surface area contributed by atoms with Gasteiger partial charge in [0.05, 0.1) is 71.5 Å². The SMILES string of the molecule is CCn1nc(C)cc1C(=O)Nc1nc2cc(C(=O)NCCCCCCCCC(=O)N[C@@H](C(=O)N3C[C@H](O)C[C@H]3C(=O)NCc3ccc(-c4scnc4C)cc3)C(C)(C)C)cc(OC)c2n1C/C=C/Cn1c(NC(=O)c2cc(C)nn2CC)nc2cc(C(N)=O)cc(OCCCN3CCOCC3)c21. The summed E-state index contributed by atoms with van der Waals surface area (Å²) in [6.45, 7) is 20.8. The molecule has 29 heteroatoms. The summed E-state index contributed by atoms with van der Waals surface area (Å²) < 4.78 is 24.7. The maximum Gasteiger partial charge on any atom is 0.276 e. The number of methoxy groups -OCH3 is 1. The number of benzene rings is 3. The number of likely N-dealkylation sites (tertiary alicyclic amines) is 1. The van der Waals surface area contributed by atoms with E-state index in [9.17, 15) is 38.7 Å². The molecule has 8 N–H and O–H groups in total. The van der Waals surface area contributed by atoms with Crippen LogP contribution in [0.4, 0.5) is 11.9 Å². The number of allylic oxidation sites excluding steroid dienone is 2. The molecule has 28 nitrogen and oxygen atoms in total. The molecule has 2 aliphatic heterocycles. The Morgan fingerprint density at radius 3 is 1.91 bits per heavy atom. The van der Waals surface area contributed by atoms with Crippen molar-refractivity contribution in [3.63, 3.8) is 0 Å². The monoisotopic (exact) mass is 1420 g/mol. The van der Waals surface area contributed by atoms with E-state index >= 15 is 0 Å². The molecule has 0 aliphatic carbocycles. The van der Waals surface area contributed by atoms with Crippen LogP contribution in [0.3, 0.4) is 0 Å². The Bertz CT molecular complexity index is 4340. The van der Waals surface area contributed by atoms with Gasteiger partial charge < -0.3 is 55.0 Å². The summed E-state index contributed by atoms with van der Waals surface area (Å²) in [6, 6.07) is 15.9. The average Bonchev–Trinajstić information content (AvgIpc) is 1.62. The smallest absolute Gasteiger partial charge is 0.276 e. The number of rotatable bonds is 33. The highest BCUT2D eigenvalue weighted by atomic mass is 32.1. The molecule has 3 atom stereocenters. The maximum atomic E-state index is 14.2. The van der Waals surface area contributed by atoms with Crippen molar-refractivity contribution in [1.82, 2.24) is 69.4 Å². The minimum Gasteiger partial charge on any atom is -0.494 e. The number of morpholine rings is 1. The number of aliphatic hydroxyl groups excluding tert-OH is 1. The fourth-order valence-corrected chi connectivity index (χ4v) is 13.7. The van der Waals surface area contributed by atoms with Crippen LogP contribution in [0, 0.1) is 26.2 Å². The van der Waals surface area contributed by atoms with Gasteiger partial charge in [0.15, 0.2) is 0 Å². The van der Waals surface area contributed by atoms with Gasteiger partial charge in [-0.05, 0) is 107 Å². The Labute approximate surface area is 597 Å². The first-order valence-electron chi connectivity index (χ1n) is 35.1. The molecule has 102 heavy (non-hydrogen) atoms. The van der Waals surface area contributed by atoms with Crippen molar-refractivity contribution in [1.29, 1.82) is 0 Å². The maximum absolute atomic E-state index is 14.2. The number of aliphatic hydroxyl groups is 1. The Hall–Kier alpha value is -9.84. The minimum atomic E-state index is -0.926. The second-order valence-electron chi connectivity index (χ2n) is 26.9. The Morgan fingerprint density at radius 1 is 0.745 bits per heavy atom. The van der Waals surface area contributed by atoms with E-state index in [1.807, 2.05) is 90.4 Å². The number of nitrogens with one attached hydrogen (secondary N) is 5. The van der Waals surface area contributed by atoms with Gasteiger partial charge in [-0.2, -0.15) is 10.2 Å². The van der Waals surface area contributed by atoms with Gasteiger partial charge in [0.2, 0.25) is 35.5 Å². The number of primary amides is 1. The van der Waals surface area contributed by atoms with Crippen molar-refractivity contribution >= 4 is 86.7 Å². The molecule has 0 radical (unpaired) electrons. The van der Waals surface area contributed by atoms with Crippen molar-refractivity contribution in [2.24, 2.45) is 11.1 Å². The first-order chi connectivity index (χ1) is 49.0. The highest BCUT2D eigenvalue weighted by Gasteiger charge is 2.44. The highest BCUT2D eigenvalue weighted by Crippen LogP contribution is 2.35. The fourth-order valence-electron chi connectivity index (χ4n) is 12.9. The number of ether oxygens (including phenoxy) is 3. The second-order valence-corrected chi connectivity index (χ2v) is 27.8. The fraction of sp³-hybridized carbons (Fsp3) is 0.479. The molecule has 3 aromatic carbocycles. The largest absolute Gasteiger partial charge is 0.494 e. The van der Waals surface area contributed by atoms with E-state index in [0.29, 0.717) is 121 Å². The lowest BCUT2D eigenvalue weighted by molar-refractivity contribution is -0.144. The van der Waals surface area contributed by atoms with Gasteiger partial charge in [-0.25, -0.2) is 15.0 Å². The molecule has 2 saturated heterocycles. The summed E-state index contributed by atoms with van der Waals surface area (Å²) in [5.41, 5.74) is 14.1. The van der Waals surface area contributed by atoms with Crippen molar-refractivity contribution in [3.8, 4) is 21.9 Å². The van der Waals surface area contributed by atoms with Crippen molar-refractivity contribution in [3.05, 3.63) is 123 Å². The van der Waals surface area contributed by atoms with Crippen molar-refractivity contribution in [2.45, 2.75) is 164 Å². The third kappa shape index (κ3) is 18.4. The zero-order valence-corrected chi connectivity index (χ0v) is 60.5. The molecular weight excluding hydrogens is 1320 g/mol. The summed E-state index contributed by atoms with van der Waals surface area (Å²) in [6.07, 6.45) is 8.45. The number of aryl methyl sites for hydroxylation is 5. The molecule has 0 spiro atoms.